The summed E-state index contributed by atoms with van der Waals surface area (Å²) >= 11 is 0. The molecule has 0 bridgehead atoms. The Kier molecular flexibility index (Phi) is 6.71. The van der Waals surface area contributed by atoms with Crippen molar-refractivity contribution in [1.82, 2.24) is 4.98 Å². The fourth-order valence-corrected chi connectivity index (χ4v) is 1.78. The van der Waals surface area contributed by atoms with Crippen molar-refractivity contribution in [2.24, 2.45) is 5.92 Å². The molecule has 0 aliphatic rings. The lowest BCUT2D eigenvalue weighted by Crippen LogP contribution is -2.17. The molecule has 0 aromatic carbocycles. The number of hydrogen-bond donors (Lipinski definition) is 2. The number of oxazole rings is 1. The number of nitrogens with zero attached hydrogens (tertiary/aromatic N) is 1. The van der Waals surface area contributed by atoms with E-state index in [1.165, 1.54) is 6.26 Å². The third-order valence-electron chi connectivity index (χ3n) is 3.05. The van der Waals surface area contributed by atoms with Gasteiger partial charge in [0.15, 0.2) is 5.69 Å². The van der Waals surface area contributed by atoms with Gasteiger partial charge in [-0.1, -0.05) is 13.3 Å². The average Bonchev–Trinajstić information content (AvgIpc) is 2.87. The van der Waals surface area contributed by atoms with Crippen molar-refractivity contribution >= 4 is 18.0 Å². The molecule has 1 aromatic heterocycles. The second-order valence-corrected chi connectivity index (χ2v) is 4.97. The Bertz CT molecular complexity index is 472. The summed E-state index contributed by atoms with van der Waals surface area (Å²) in [6.45, 7) is 5.64. The van der Waals surface area contributed by atoms with Crippen LogP contribution in [0.5, 0.6) is 0 Å². The molecule has 2 N–H and O–H groups in total. The Morgan fingerprint density at radius 3 is 2.76 bits per heavy atom. The third kappa shape index (κ3) is 5.85. The molecule has 7 heteroatoms. The Morgan fingerprint density at radius 1 is 1.43 bits per heavy atom. The van der Waals surface area contributed by atoms with Crippen molar-refractivity contribution in [2.45, 2.75) is 46.1 Å². The second-order valence-electron chi connectivity index (χ2n) is 4.97. The number of ether oxygens (including phenoxy) is 1. The summed E-state index contributed by atoms with van der Waals surface area (Å²) in [7, 11) is 0. The Balaban J connectivity index is 2.36. The zero-order chi connectivity index (χ0) is 15.8. The van der Waals surface area contributed by atoms with Gasteiger partial charge in [0.05, 0.1) is 12.5 Å². The molecule has 2 atom stereocenters. The first kappa shape index (κ1) is 17.0. The van der Waals surface area contributed by atoms with Crippen LogP contribution in [0.15, 0.2) is 10.7 Å². The van der Waals surface area contributed by atoms with E-state index in [0.717, 1.165) is 12.8 Å². The number of rotatable bonds is 9. The molecule has 0 amide bonds. The molecule has 0 aliphatic carbocycles. The predicted octanol–water partition coefficient (Wildman–Crippen LogP) is 2.54. The van der Waals surface area contributed by atoms with Crippen LogP contribution in [0.1, 0.15) is 50.5 Å². The maximum absolute atomic E-state index is 11.4. The van der Waals surface area contributed by atoms with E-state index in [9.17, 15) is 9.59 Å². The summed E-state index contributed by atoms with van der Waals surface area (Å²) in [5.41, 5.74) is 0.131. The molecule has 7 nitrogen and oxygen atoms in total. The van der Waals surface area contributed by atoms with Crippen molar-refractivity contribution in [3.05, 3.63) is 12.0 Å². The van der Waals surface area contributed by atoms with Crippen LogP contribution in [0, 0.1) is 5.92 Å². The molecule has 21 heavy (non-hydrogen) atoms. The van der Waals surface area contributed by atoms with Gasteiger partial charge in [0.2, 0.25) is 0 Å². The van der Waals surface area contributed by atoms with Gasteiger partial charge >= 0.3 is 11.9 Å². The highest BCUT2D eigenvalue weighted by molar-refractivity contribution is 5.87. The summed E-state index contributed by atoms with van der Waals surface area (Å²) in [4.78, 5) is 26.1. The van der Waals surface area contributed by atoms with Gasteiger partial charge in [-0.25, -0.2) is 4.79 Å². The Labute approximate surface area is 123 Å². The number of carboxylic acids is 1. The molecule has 1 rings (SSSR count). The number of carbonyl (C=O) groups excluding carboxylic acids is 1. The van der Waals surface area contributed by atoms with Gasteiger partial charge in [-0.3, -0.25) is 4.79 Å². The zero-order valence-corrected chi connectivity index (χ0v) is 12.6. The number of carbonyl (C=O) groups is 2. The zero-order valence-electron chi connectivity index (χ0n) is 12.6. The summed E-state index contributed by atoms with van der Waals surface area (Å²) in [5.74, 6) is -1.63. The molecule has 0 saturated carbocycles. The van der Waals surface area contributed by atoms with Crippen molar-refractivity contribution in [3.8, 4) is 0 Å². The lowest BCUT2D eigenvalue weighted by molar-refractivity contribution is -0.141. The minimum absolute atomic E-state index is 0.0692. The van der Waals surface area contributed by atoms with Gasteiger partial charge in [-0.05, 0) is 26.7 Å². The highest BCUT2D eigenvalue weighted by Crippen LogP contribution is 2.14. The van der Waals surface area contributed by atoms with Crippen LogP contribution >= 0.6 is 0 Å². The van der Waals surface area contributed by atoms with Crippen molar-refractivity contribution in [1.29, 1.82) is 0 Å². The van der Waals surface area contributed by atoms with Crippen molar-refractivity contribution in [3.63, 3.8) is 0 Å². The monoisotopic (exact) mass is 298 g/mol. The lowest BCUT2D eigenvalue weighted by atomic mass is 10.0. The SMILES string of the molecule is CCOC(=O)c1coc(NC(C)CCCC(C)C(=O)O)n1. The number of carboxylic acid groups (broad SMARTS) is 1. The third-order valence-corrected chi connectivity index (χ3v) is 3.05. The minimum atomic E-state index is -0.776. The van der Waals surface area contributed by atoms with E-state index in [2.05, 4.69) is 10.3 Å². The highest BCUT2D eigenvalue weighted by Gasteiger charge is 2.15. The predicted molar refractivity (Wildman–Crippen MR) is 76.2 cm³/mol. The molecule has 1 aromatic rings. The fourth-order valence-electron chi connectivity index (χ4n) is 1.78. The van der Waals surface area contributed by atoms with Crippen LogP contribution in [0.2, 0.25) is 0 Å². The average molecular weight is 298 g/mol. The topological polar surface area (TPSA) is 102 Å². The van der Waals surface area contributed by atoms with E-state index < -0.39 is 11.9 Å². The van der Waals surface area contributed by atoms with Crippen LogP contribution in [0.4, 0.5) is 6.01 Å². The van der Waals surface area contributed by atoms with Gasteiger partial charge in [-0.15, -0.1) is 0 Å². The van der Waals surface area contributed by atoms with Crippen molar-refractivity contribution < 1.29 is 23.8 Å². The number of aromatic nitrogens is 1. The van der Waals surface area contributed by atoms with Gasteiger partial charge in [0.25, 0.3) is 6.01 Å². The first-order valence-corrected chi connectivity index (χ1v) is 7.06. The van der Waals surface area contributed by atoms with E-state index in [0.29, 0.717) is 6.42 Å². The van der Waals surface area contributed by atoms with Crippen LogP contribution < -0.4 is 5.32 Å². The van der Waals surface area contributed by atoms with Crippen molar-refractivity contribution in [2.75, 3.05) is 11.9 Å². The molecular formula is C14H22N2O5. The van der Waals surface area contributed by atoms with Gasteiger partial charge in [0.1, 0.15) is 6.26 Å². The summed E-state index contributed by atoms with van der Waals surface area (Å²) < 4.78 is 9.97. The molecule has 0 radical (unpaired) electrons. The van der Waals surface area contributed by atoms with Gasteiger partial charge in [0, 0.05) is 6.04 Å². The number of esters is 1. The van der Waals surface area contributed by atoms with Gasteiger partial charge < -0.3 is 19.6 Å². The van der Waals surface area contributed by atoms with Crippen LogP contribution in [0.3, 0.4) is 0 Å². The quantitative estimate of drug-likeness (QED) is 0.675. The maximum atomic E-state index is 11.4. The summed E-state index contributed by atoms with van der Waals surface area (Å²) in [5, 5.41) is 11.8. The van der Waals surface area contributed by atoms with Crippen LogP contribution in [0.25, 0.3) is 0 Å². The van der Waals surface area contributed by atoms with Crippen LogP contribution in [-0.4, -0.2) is 34.7 Å². The van der Waals surface area contributed by atoms with E-state index in [1.807, 2.05) is 6.92 Å². The number of aliphatic carboxylic acids is 1. The summed E-state index contributed by atoms with van der Waals surface area (Å²) in [6.07, 6.45) is 3.45. The molecule has 0 fully saturated rings. The van der Waals surface area contributed by atoms with Gasteiger partial charge in [-0.2, -0.15) is 4.98 Å². The Hall–Kier alpha value is -2.05. The molecule has 0 spiro atoms. The number of hydrogen-bond acceptors (Lipinski definition) is 6. The lowest BCUT2D eigenvalue weighted by Gasteiger charge is -2.12. The highest BCUT2D eigenvalue weighted by atomic mass is 16.5. The second kappa shape index (κ2) is 8.28. The smallest absolute Gasteiger partial charge is 0.360 e. The van der Waals surface area contributed by atoms with E-state index >= 15 is 0 Å². The normalized spacial score (nSPS) is 13.5. The fraction of sp³-hybridized carbons (Fsp3) is 0.643. The van der Waals surface area contributed by atoms with E-state index in [1.54, 1.807) is 13.8 Å². The number of anilines is 1. The standard InChI is InChI=1S/C14H22N2O5/c1-4-20-13(19)11-8-21-14(16-11)15-10(3)7-5-6-9(2)12(17)18/h8-10H,4-7H2,1-3H3,(H,15,16)(H,17,18). The first-order valence-electron chi connectivity index (χ1n) is 7.06. The molecule has 0 saturated heterocycles. The first-order chi connectivity index (χ1) is 9.93. The largest absolute Gasteiger partial charge is 0.481 e. The molecular weight excluding hydrogens is 276 g/mol. The van der Waals surface area contributed by atoms with E-state index in [4.69, 9.17) is 14.3 Å². The molecule has 2 unspecified atom stereocenters. The number of nitrogens with one attached hydrogen (secondary N) is 1. The summed E-state index contributed by atoms with van der Waals surface area (Å²) in [6, 6.07) is 0.330. The molecule has 1 heterocycles. The Morgan fingerprint density at radius 2 is 2.14 bits per heavy atom. The van der Waals surface area contributed by atoms with Crippen LogP contribution in [-0.2, 0) is 9.53 Å². The minimum Gasteiger partial charge on any atom is -0.481 e. The van der Waals surface area contributed by atoms with E-state index in [-0.39, 0.29) is 30.3 Å². The molecule has 118 valence electrons. The maximum Gasteiger partial charge on any atom is 0.360 e. The molecule has 0 aliphatic heterocycles.